The lowest BCUT2D eigenvalue weighted by atomic mass is 10.0. The minimum Gasteiger partial charge on any atom is -0.478 e. The van der Waals surface area contributed by atoms with Gasteiger partial charge in [0.05, 0.1) is 5.56 Å². The molecule has 3 N–H and O–H groups in total. The molecule has 1 unspecified atom stereocenters. The van der Waals surface area contributed by atoms with E-state index in [1.807, 2.05) is 0 Å². The number of hydrogen-bond acceptors (Lipinski definition) is 2. The third-order valence-corrected chi connectivity index (χ3v) is 2.26. The fourth-order valence-corrected chi connectivity index (χ4v) is 1.58. The molecule has 1 aromatic carbocycles. The molecule has 3 nitrogen and oxygen atoms in total. The highest BCUT2D eigenvalue weighted by atomic mass is 79.9. The molecule has 4 heteroatoms. The standard InChI is InChI=1S/C10H10BrNO2/c1-2-9(12)6-3-7(10(13)14)5-8(11)4-6/h2-5,9H,1,12H2,(H,13,14). The van der Waals surface area contributed by atoms with Crippen molar-refractivity contribution in [3.8, 4) is 0 Å². The summed E-state index contributed by atoms with van der Waals surface area (Å²) < 4.78 is 0.699. The molecule has 0 heterocycles. The lowest BCUT2D eigenvalue weighted by Crippen LogP contribution is -2.08. The molecule has 0 fully saturated rings. The average molecular weight is 256 g/mol. The summed E-state index contributed by atoms with van der Waals surface area (Å²) in [5.74, 6) is -0.969. The molecular formula is C10H10BrNO2. The molecule has 0 saturated heterocycles. The molecule has 1 atom stereocenters. The van der Waals surface area contributed by atoms with Gasteiger partial charge in [-0.05, 0) is 23.8 Å². The maximum absolute atomic E-state index is 10.7. The number of aromatic carboxylic acids is 1. The van der Waals surface area contributed by atoms with Crippen LogP contribution in [0.1, 0.15) is 22.0 Å². The largest absolute Gasteiger partial charge is 0.478 e. The van der Waals surface area contributed by atoms with E-state index in [2.05, 4.69) is 22.5 Å². The van der Waals surface area contributed by atoms with Gasteiger partial charge >= 0.3 is 5.97 Å². The molecule has 1 aromatic rings. The summed E-state index contributed by atoms with van der Waals surface area (Å²) in [7, 11) is 0. The maximum atomic E-state index is 10.7. The van der Waals surface area contributed by atoms with E-state index in [9.17, 15) is 4.79 Å². The van der Waals surface area contributed by atoms with Gasteiger partial charge in [0.15, 0.2) is 0 Å². The molecule has 0 saturated carbocycles. The fourth-order valence-electron chi connectivity index (χ4n) is 1.06. The van der Waals surface area contributed by atoms with E-state index in [4.69, 9.17) is 10.8 Å². The van der Waals surface area contributed by atoms with Crippen LogP contribution in [0.4, 0.5) is 0 Å². The Kier molecular flexibility index (Phi) is 3.43. The number of nitrogens with two attached hydrogens (primary N) is 1. The Labute approximate surface area is 90.4 Å². The maximum Gasteiger partial charge on any atom is 0.335 e. The zero-order chi connectivity index (χ0) is 10.7. The predicted octanol–water partition coefficient (Wildman–Crippen LogP) is 2.33. The van der Waals surface area contributed by atoms with Crippen molar-refractivity contribution >= 4 is 21.9 Å². The van der Waals surface area contributed by atoms with Crippen LogP contribution in [0.15, 0.2) is 35.3 Å². The summed E-state index contributed by atoms with van der Waals surface area (Å²) in [5.41, 5.74) is 6.64. The number of rotatable bonds is 3. The van der Waals surface area contributed by atoms with Crippen molar-refractivity contribution in [2.75, 3.05) is 0 Å². The summed E-state index contributed by atoms with van der Waals surface area (Å²) in [5, 5.41) is 8.80. The van der Waals surface area contributed by atoms with Crippen LogP contribution in [-0.4, -0.2) is 11.1 Å². The van der Waals surface area contributed by atoms with E-state index in [1.165, 1.54) is 6.07 Å². The highest BCUT2D eigenvalue weighted by Crippen LogP contribution is 2.20. The number of carboxylic acids is 1. The van der Waals surface area contributed by atoms with Crippen LogP contribution in [-0.2, 0) is 0 Å². The third-order valence-electron chi connectivity index (χ3n) is 1.81. The van der Waals surface area contributed by atoms with Gasteiger partial charge in [-0.25, -0.2) is 4.79 Å². The van der Waals surface area contributed by atoms with E-state index in [1.54, 1.807) is 18.2 Å². The van der Waals surface area contributed by atoms with E-state index in [0.29, 0.717) is 4.47 Å². The Morgan fingerprint density at radius 1 is 1.57 bits per heavy atom. The van der Waals surface area contributed by atoms with Gasteiger partial charge in [0.1, 0.15) is 0 Å². The van der Waals surface area contributed by atoms with Crippen molar-refractivity contribution in [1.29, 1.82) is 0 Å². The second-order valence-corrected chi connectivity index (χ2v) is 3.76. The molecule has 0 bridgehead atoms. The van der Waals surface area contributed by atoms with E-state index in [-0.39, 0.29) is 11.6 Å². The molecule has 0 aliphatic heterocycles. The Hall–Kier alpha value is -1.13. The zero-order valence-electron chi connectivity index (χ0n) is 7.40. The first-order valence-electron chi connectivity index (χ1n) is 3.96. The second kappa shape index (κ2) is 4.39. The van der Waals surface area contributed by atoms with Crippen LogP contribution in [0.2, 0.25) is 0 Å². The van der Waals surface area contributed by atoms with Crippen LogP contribution in [0.3, 0.4) is 0 Å². The lowest BCUT2D eigenvalue weighted by molar-refractivity contribution is 0.0696. The van der Waals surface area contributed by atoms with Crippen LogP contribution < -0.4 is 5.73 Å². The first kappa shape index (κ1) is 10.9. The molecule has 74 valence electrons. The molecule has 0 aliphatic rings. The van der Waals surface area contributed by atoms with Gasteiger partial charge in [0.25, 0.3) is 0 Å². The van der Waals surface area contributed by atoms with E-state index >= 15 is 0 Å². The van der Waals surface area contributed by atoms with E-state index in [0.717, 1.165) is 5.56 Å². The van der Waals surface area contributed by atoms with E-state index < -0.39 is 5.97 Å². The summed E-state index contributed by atoms with van der Waals surface area (Å²) in [6.07, 6.45) is 1.56. The normalized spacial score (nSPS) is 12.1. The zero-order valence-corrected chi connectivity index (χ0v) is 8.99. The number of hydrogen-bond donors (Lipinski definition) is 2. The van der Waals surface area contributed by atoms with Crippen LogP contribution in [0.5, 0.6) is 0 Å². The van der Waals surface area contributed by atoms with Gasteiger partial charge in [0.2, 0.25) is 0 Å². The molecular weight excluding hydrogens is 246 g/mol. The van der Waals surface area contributed by atoms with Gasteiger partial charge in [0, 0.05) is 10.5 Å². The molecule has 0 radical (unpaired) electrons. The smallest absolute Gasteiger partial charge is 0.335 e. The summed E-state index contributed by atoms with van der Waals surface area (Å²) >= 11 is 3.23. The Bertz CT molecular complexity index is 376. The first-order chi connectivity index (χ1) is 6.54. The van der Waals surface area contributed by atoms with Crippen LogP contribution in [0.25, 0.3) is 0 Å². The molecule has 0 spiro atoms. The van der Waals surface area contributed by atoms with Gasteiger partial charge < -0.3 is 10.8 Å². The molecule has 0 aromatic heterocycles. The molecule has 1 rings (SSSR count). The van der Waals surface area contributed by atoms with Crippen LogP contribution >= 0.6 is 15.9 Å². The minimum atomic E-state index is -0.969. The Morgan fingerprint density at radius 3 is 2.71 bits per heavy atom. The van der Waals surface area contributed by atoms with Crippen molar-refractivity contribution in [2.45, 2.75) is 6.04 Å². The molecule has 0 aliphatic carbocycles. The summed E-state index contributed by atoms with van der Waals surface area (Å²) in [6.45, 7) is 3.55. The van der Waals surface area contributed by atoms with Crippen molar-refractivity contribution in [3.05, 3.63) is 46.5 Å². The van der Waals surface area contributed by atoms with Gasteiger partial charge in [-0.2, -0.15) is 0 Å². The number of carboxylic acid groups (broad SMARTS) is 1. The minimum absolute atomic E-state index is 0.215. The van der Waals surface area contributed by atoms with Gasteiger partial charge in [-0.15, -0.1) is 6.58 Å². The lowest BCUT2D eigenvalue weighted by Gasteiger charge is -2.08. The molecule has 14 heavy (non-hydrogen) atoms. The fraction of sp³-hybridized carbons (Fsp3) is 0.100. The predicted molar refractivity (Wildman–Crippen MR) is 58.2 cm³/mol. The Balaban J connectivity index is 3.19. The molecule has 0 amide bonds. The van der Waals surface area contributed by atoms with Crippen molar-refractivity contribution in [3.63, 3.8) is 0 Å². The van der Waals surface area contributed by atoms with Gasteiger partial charge in [-0.1, -0.05) is 22.0 Å². The number of halogens is 1. The highest BCUT2D eigenvalue weighted by Gasteiger charge is 2.08. The second-order valence-electron chi connectivity index (χ2n) is 2.84. The quantitative estimate of drug-likeness (QED) is 0.816. The van der Waals surface area contributed by atoms with Crippen molar-refractivity contribution in [1.82, 2.24) is 0 Å². The first-order valence-corrected chi connectivity index (χ1v) is 4.76. The highest BCUT2D eigenvalue weighted by molar-refractivity contribution is 9.10. The average Bonchev–Trinajstić information content (AvgIpc) is 2.15. The van der Waals surface area contributed by atoms with Crippen LogP contribution in [0, 0.1) is 0 Å². The van der Waals surface area contributed by atoms with Gasteiger partial charge in [-0.3, -0.25) is 0 Å². The third kappa shape index (κ3) is 2.43. The number of benzene rings is 1. The van der Waals surface area contributed by atoms with Crippen molar-refractivity contribution < 1.29 is 9.90 Å². The monoisotopic (exact) mass is 255 g/mol. The summed E-state index contributed by atoms with van der Waals surface area (Å²) in [4.78, 5) is 10.7. The number of carbonyl (C=O) groups is 1. The Morgan fingerprint density at radius 2 is 2.21 bits per heavy atom. The summed E-state index contributed by atoms with van der Waals surface area (Å²) in [6, 6.07) is 4.51. The van der Waals surface area contributed by atoms with Crippen molar-refractivity contribution in [2.24, 2.45) is 5.73 Å². The topological polar surface area (TPSA) is 63.3 Å². The SMILES string of the molecule is C=CC(N)c1cc(Br)cc(C(=O)O)c1.